The third-order valence-corrected chi connectivity index (χ3v) is 7.36. The van der Waals surface area contributed by atoms with Gasteiger partial charge < -0.3 is 9.73 Å². The number of thiazole rings is 1. The lowest BCUT2D eigenvalue weighted by molar-refractivity contribution is -0.118. The van der Waals surface area contributed by atoms with Gasteiger partial charge in [-0.2, -0.15) is 0 Å². The Morgan fingerprint density at radius 2 is 1.74 bits per heavy atom. The minimum Gasteiger partial charge on any atom is -0.444 e. The maximum absolute atomic E-state index is 12.3. The number of thioether (sulfide) groups is 1. The van der Waals surface area contributed by atoms with Crippen molar-refractivity contribution in [3.8, 4) is 0 Å². The molecule has 0 aliphatic carbocycles. The number of oxazole rings is 1. The molecule has 0 aliphatic rings. The SMILES string of the molecule is CC(C)(C)c1cnc(CSc2cnc(CC(=O)CCCCCCC(=O)Nc3ccccc3)s2)o1. The fraction of sp³-hybridized carbons (Fsp3) is 0.462. The van der Waals surface area contributed by atoms with Crippen LogP contribution in [-0.2, 0) is 27.2 Å². The van der Waals surface area contributed by atoms with E-state index < -0.39 is 0 Å². The smallest absolute Gasteiger partial charge is 0.224 e. The van der Waals surface area contributed by atoms with E-state index in [0.29, 0.717) is 30.9 Å². The van der Waals surface area contributed by atoms with Gasteiger partial charge in [0.1, 0.15) is 16.6 Å². The number of rotatable bonds is 13. The van der Waals surface area contributed by atoms with E-state index in [9.17, 15) is 9.59 Å². The van der Waals surface area contributed by atoms with Gasteiger partial charge in [-0.05, 0) is 25.0 Å². The molecule has 1 amide bonds. The molecule has 182 valence electrons. The molecule has 8 heteroatoms. The molecule has 0 atom stereocenters. The summed E-state index contributed by atoms with van der Waals surface area (Å²) in [6.45, 7) is 6.30. The molecule has 0 unspecified atom stereocenters. The molecular formula is C26H33N3O3S2. The molecule has 0 bridgehead atoms. The highest BCUT2D eigenvalue weighted by Crippen LogP contribution is 2.30. The highest BCUT2D eigenvalue weighted by Gasteiger charge is 2.19. The number of ketones is 1. The lowest BCUT2D eigenvalue weighted by Gasteiger charge is -2.12. The van der Waals surface area contributed by atoms with Crippen molar-refractivity contribution in [2.75, 3.05) is 5.32 Å². The summed E-state index contributed by atoms with van der Waals surface area (Å²) in [5.41, 5.74) is 0.777. The lowest BCUT2D eigenvalue weighted by Crippen LogP contribution is -2.10. The topological polar surface area (TPSA) is 85.1 Å². The number of Topliss-reactive ketones (excluding diaryl/α,β-unsaturated/α-hetero) is 1. The summed E-state index contributed by atoms with van der Waals surface area (Å²) >= 11 is 3.19. The predicted molar refractivity (Wildman–Crippen MR) is 138 cm³/mol. The minimum absolute atomic E-state index is 0.0391. The van der Waals surface area contributed by atoms with Crippen LogP contribution in [0, 0.1) is 0 Å². The van der Waals surface area contributed by atoms with Crippen LogP contribution in [-0.4, -0.2) is 21.7 Å². The van der Waals surface area contributed by atoms with E-state index in [4.69, 9.17) is 4.42 Å². The quantitative estimate of drug-likeness (QED) is 0.205. The third kappa shape index (κ3) is 9.06. The van der Waals surface area contributed by atoms with Crippen molar-refractivity contribution in [3.05, 3.63) is 59.4 Å². The number of carbonyl (C=O) groups is 2. The van der Waals surface area contributed by atoms with Gasteiger partial charge in [-0.3, -0.25) is 9.59 Å². The van der Waals surface area contributed by atoms with Gasteiger partial charge in [0, 0.05) is 23.9 Å². The summed E-state index contributed by atoms with van der Waals surface area (Å²) in [7, 11) is 0. The number of benzene rings is 1. The number of hydrogen-bond acceptors (Lipinski definition) is 7. The maximum Gasteiger partial charge on any atom is 0.224 e. The van der Waals surface area contributed by atoms with E-state index in [1.165, 1.54) is 0 Å². The molecule has 2 aromatic heterocycles. The summed E-state index contributed by atoms with van der Waals surface area (Å²) in [4.78, 5) is 33.0. The van der Waals surface area contributed by atoms with Crippen molar-refractivity contribution in [1.82, 2.24) is 9.97 Å². The monoisotopic (exact) mass is 499 g/mol. The van der Waals surface area contributed by atoms with Gasteiger partial charge in [0.05, 0.1) is 28.8 Å². The van der Waals surface area contributed by atoms with Crippen molar-refractivity contribution >= 4 is 40.5 Å². The van der Waals surface area contributed by atoms with Gasteiger partial charge >= 0.3 is 0 Å². The first-order chi connectivity index (χ1) is 16.3. The lowest BCUT2D eigenvalue weighted by atomic mass is 9.94. The Morgan fingerprint density at radius 1 is 1.00 bits per heavy atom. The first kappa shape index (κ1) is 26.2. The van der Waals surface area contributed by atoms with E-state index in [0.717, 1.165) is 46.3 Å². The molecule has 0 radical (unpaired) electrons. The van der Waals surface area contributed by atoms with Crippen molar-refractivity contribution < 1.29 is 14.0 Å². The molecule has 0 aliphatic heterocycles. The average Bonchev–Trinajstić information content (AvgIpc) is 3.45. The van der Waals surface area contributed by atoms with Crippen LogP contribution in [0.2, 0.25) is 0 Å². The van der Waals surface area contributed by atoms with Crippen LogP contribution in [0.3, 0.4) is 0 Å². The zero-order valence-corrected chi connectivity index (χ0v) is 21.8. The molecular weight excluding hydrogens is 466 g/mol. The molecule has 1 N–H and O–H groups in total. The molecule has 0 saturated heterocycles. The molecule has 0 saturated carbocycles. The zero-order valence-electron chi connectivity index (χ0n) is 20.1. The summed E-state index contributed by atoms with van der Waals surface area (Å²) in [6, 6.07) is 9.49. The van der Waals surface area contributed by atoms with Gasteiger partial charge in [0.2, 0.25) is 11.8 Å². The van der Waals surface area contributed by atoms with Crippen molar-refractivity contribution in [1.29, 1.82) is 0 Å². The number of nitrogens with one attached hydrogen (secondary N) is 1. The summed E-state index contributed by atoms with van der Waals surface area (Å²) in [6.07, 6.45) is 8.67. The summed E-state index contributed by atoms with van der Waals surface area (Å²) < 4.78 is 6.89. The van der Waals surface area contributed by atoms with Crippen molar-refractivity contribution in [3.63, 3.8) is 0 Å². The maximum atomic E-state index is 12.3. The number of para-hydroxylation sites is 1. The van der Waals surface area contributed by atoms with Crippen LogP contribution in [0.15, 0.2) is 51.4 Å². The predicted octanol–water partition coefficient (Wildman–Crippen LogP) is 6.81. The molecule has 1 aromatic carbocycles. The number of unbranched alkanes of at least 4 members (excludes halogenated alkanes) is 3. The zero-order chi connectivity index (χ0) is 24.4. The Hall–Kier alpha value is -2.45. The highest BCUT2D eigenvalue weighted by molar-refractivity contribution is 8.00. The summed E-state index contributed by atoms with van der Waals surface area (Å²) in [5, 5.41) is 3.75. The normalized spacial score (nSPS) is 11.5. The second-order valence-corrected chi connectivity index (χ2v) is 11.7. The second-order valence-electron chi connectivity index (χ2n) is 9.27. The fourth-order valence-corrected chi connectivity index (χ4v) is 5.17. The van der Waals surface area contributed by atoms with E-state index in [1.54, 1.807) is 29.3 Å². The number of hydrogen-bond donors (Lipinski definition) is 1. The number of aromatic nitrogens is 2. The molecule has 3 rings (SSSR count). The fourth-order valence-electron chi connectivity index (χ4n) is 3.26. The molecule has 34 heavy (non-hydrogen) atoms. The van der Waals surface area contributed by atoms with Crippen LogP contribution in [0.1, 0.15) is 76.0 Å². The Kier molecular flexibility index (Phi) is 9.89. The number of nitrogens with zero attached hydrogens (tertiary/aromatic N) is 2. The van der Waals surface area contributed by atoms with Gasteiger partial charge in [0.15, 0.2) is 0 Å². The van der Waals surface area contributed by atoms with Gasteiger partial charge in [-0.1, -0.05) is 51.8 Å². The van der Waals surface area contributed by atoms with E-state index in [1.807, 2.05) is 36.5 Å². The van der Waals surface area contributed by atoms with Crippen LogP contribution >= 0.6 is 23.1 Å². The minimum atomic E-state index is -0.0507. The van der Waals surface area contributed by atoms with E-state index in [-0.39, 0.29) is 17.1 Å². The van der Waals surface area contributed by atoms with Crippen molar-refractivity contribution in [2.24, 2.45) is 0 Å². The largest absolute Gasteiger partial charge is 0.444 e. The van der Waals surface area contributed by atoms with Crippen LogP contribution < -0.4 is 5.32 Å². The highest BCUT2D eigenvalue weighted by atomic mass is 32.2. The van der Waals surface area contributed by atoms with Gasteiger partial charge in [0.25, 0.3) is 0 Å². The van der Waals surface area contributed by atoms with Gasteiger partial charge in [-0.15, -0.1) is 23.1 Å². The second kappa shape index (κ2) is 12.9. The van der Waals surface area contributed by atoms with Crippen LogP contribution in [0.4, 0.5) is 5.69 Å². The first-order valence-electron chi connectivity index (χ1n) is 11.7. The third-order valence-electron chi connectivity index (χ3n) is 5.18. The van der Waals surface area contributed by atoms with Crippen molar-refractivity contribution in [2.45, 2.75) is 81.1 Å². The molecule has 3 aromatic rings. The van der Waals surface area contributed by atoms with E-state index >= 15 is 0 Å². The van der Waals surface area contributed by atoms with E-state index in [2.05, 4.69) is 36.1 Å². The number of anilines is 1. The summed E-state index contributed by atoms with van der Waals surface area (Å²) in [5.74, 6) is 2.50. The number of carbonyl (C=O) groups excluding carboxylic acids is 2. The Labute approximate surface area is 210 Å². The molecule has 0 fully saturated rings. The average molecular weight is 500 g/mol. The first-order valence-corrected chi connectivity index (χ1v) is 13.5. The number of amides is 1. The van der Waals surface area contributed by atoms with Gasteiger partial charge in [-0.25, -0.2) is 9.97 Å². The van der Waals surface area contributed by atoms with Crippen LogP contribution in [0.25, 0.3) is 0 Å². The standard InChI is InChI=1S/C26H33N3O3S2/c1-26(2,3)21-16-27-23(32-21)18-33-25-17-28-24(34-25)15-20(30)13-9-4-5-10-14-22(31)29-19-11-7-6-8-12-19/h6-8,11-12,16-17H,4-5,9-10,13-15,18H2,1-3H3,(H,29,31). The molecule has 6 nitrogen and oxygen atoms in total. The molecule has 2 heterocycles. The van der Waals surface area contributed by atoms with Crippen LogP contribution in [0.5, 0.6) is 0 Å². The Bertz CT molecular complexity index is 1050. The molecule has 0 spiro atoms. The Morgan fingerprint density at radius 3 is 2.44 bits per heavy atom. The Balaban J connectivity index is 1.27.